The molecule has 2 aromatic rings. The zero-order valence-electron chi connectivity index (χ0n) is 18.7. The van der Waals surface area contributed by atoms with Crippen LogP contribution in [0, 0.1) is 0 Å². The van der Waals surface area contributed by atoms with Gasteiger partial charge in [-0.3, -0.25) is 10.1 Å². The normalized spacial score (nSPS) is 12.5. The Balaban J connectivity index is 0.00000420. The molecule has 0 aromatic heterocycles. The Morgan fingerprint density at radius 2 is 1.62 bits per heavy atom. The third kappa shape index (κ3) is 8.84. The van der Waals surface area contributed by atoms with Crippen LogP contribution < -0.4 is 56.7 Å². The number of alkyl carbamates (subject to hydrolysis) is 1. The summed E-state index contributed by atoms with van der Waals surface area (Å²) >= 11 is 0. The van der Waals surface area contributed by atoms with E-state index in [0.29, 0.717) is 0 Å². The van der Waals surface area contributed by atoms with Crippen LogP contribution >= 0.6 is 0 Å². The van der Waals surface area contributed by atoms with Crippen molar-refractivity contribution in [3.8, 4) is 11.1 Å². The van der Waals surface area contributed by atoms with E-state index in [1.807, 2.05) is 54.6 Å². The second kappa shape index (κ2) is 11.7. The average Bonchev–Trinajstić information content (AvgIpc) is 2.64. The van der Waals surface area contributed by atoms with Crippen LogP contribution in [0.2, 0.25) is 0 Å². The Morgan fingerprint density at radius 1 is 1.07 bits per heavy atom. The molecule has 6 heteroatoms. The molecule has 150 valence electrons. The Kier molecular flexibility index (Phi) is 10.3. The minimum absolute atomic E-state index is 0. The van der Waals surface area contributed by atoms with Gasteiger partial charge in [-0.05, 0) is 50.8 Å². The maximum atomic E-state index is 11.8. The summed E-state index contributed by atoms with van der Waals surface area (Å²) < 4.78 is 5.17. The van der Waals surface area contributed by atoms with Crippen LogP contribution in [-0.4, -0.2) is 22.8 Å². The number of amides is 1. The summed E-state index contributed by atoms with van der Waals surface area (Å²) in [5.74, 6) is -1.60. The van der Waals surface area contributed by atoms with Crippen molar-refractivity contribution in [1.82, 2.24) is 5.32 Å². The molecule has 0 spiro atoms. The third-order valence-electron chi connectivity index (χ3n) is 4.08. The van der Waals surface area contributed by atoms with Crippen LogP contribution in [-0.2, 0) is 9.53 Å². The molecule has 29 heavy (non-hydrogen) atoms. The first-order valence-electron chi connectivity index (χ1n) is 9.19. The summed E-state index contributed by atoms with van der Waals surface area (Å²) in [4.78, 5) is 23.5. The number of carbonyl (C=O) groups is 2. The predicted molar refractivity (Wildman–Crippen MR) is 111 cm³/mol. The van der Waals surface area contributed by atoms with Gasteiger partial charge in [-0.25, -0.2) is 4.79 Å². The molecule has 0 bridgehead atoms. The molecule has 0 aliphatic heterocycles. The van der Waals surface area contributed by atoms with E-state index in [2.05, 4.69) is 5.32 Å². The van der Waals surface area contributed by atoms with E-state index in [1.165, 1.54) is 6.20 Å². The fourth-order valence-electron chi connectivity index (χ4n) is 2.76. The number of benzene rings is 2. The molecular weight excluding hydrogens is 393 g/mol. The van der Waals surface area contributed by atoms with Crippen LogP contribution in [0.1, 0.15) is 47.0 Å². The second-order valence-corrected chi connectivity index (χ2v) is 7.72. The van der Waals surface area contributed by atoms with E-state index < -0.39 is 23.6 Å². The van der Waals surface area contributed by atoms with E-state index in [4.69, 9.17) is 4.74 Å². The zero-order chi connectivity index (χ0) is 20.7. The van der Waals surface area contributed by atoms with E-state index in [1.54, 1.807) is 27.7 Å². The van der Waals surface area contributed by atoms with Gasteiger partial charge < -0.3 is 11.3 Å². The zero-order valence-corrected chi connectivity index (χ0v) is 20.9. The van der Waals surface area contributed by atoms with Gasteiger partial charge in [0.25, 0.3) is 0 Å². The van der Waals surface area contributed by atoms with Gasteiger partial charge >= 0.3 is 63.4 Å². The number of carboxylic acid groups (broad SMARTS) is 1. The summed E-state index contributed by atoms with van der Waals surface area (Å²) in [6.07, 6.45) is 1.23. The molecule has 0 aliphatic rings. The van der Waals surface area contributed by atoms with Crippen molar-refractivity contribution in [2.75, 3.05) is 0 Å². The van der Waals surface area contributed by atoms with Crippen LogP contribution in [0.25, 0.3) is 11.1 Å². The molecule has 0 saturated heterocycles. The van der Waals surface area contributed by atoms with E-state index in [9.17, 15) is 14.7 Å². The van der Waals surface area contributed by atoms with Crippen molar-refractivity contribution in [3.63, 3.8) is 0 Å². The summed E-state index contributed by atoms with van der Waals surface area (Å²) in [6.45, 7) is 7.12. The van der Waals surface area contributed by atoms with Crippen LogP contribution in [0.3, 0.4) is 0 Å². The Hall–Kier alpha value is -1.44. The van der Waals surface area contributed by atoms with Crippen LogP contribution in [0.4, 0.5) is 4.79 Å². The molecule has 5 nitrogen and oxygen atoms in total. The third-order valence-corrected chi connectivity index (χ3v) is 4.08. The Morgan fingerprint density at radius 3 is 2.14 bits per heavy atom. The van der Waals surface area contributed by atoms with Gasteiger partial charge in [0.15, 0.2) is 0 Å². The Bertz CT molecular complexity index is 846. The quantitative estimate of drug-likeness (QED) is 0.703. The molecule has 0 radical (unpaired) electrons. The largest absolute Gasteiger partial charge is 1.00 e. The van der Waals surface area contributed by atoms with Crippen molar-refractivity contribution in [1.29, 1.82) is 0 Å². The summed E-state index contributed by atoms with van der Waals surface area (Å²) in [5, 5.41) is 12.2. The number of hydrogen-bond acceptors (Lipinski definition) is 3. The summed E-state index contributed by atoms with van der Waals surface area (Å²) in [7, 11) is 0. The monoisotopic (exact) mass is 421 g/mol. The van der Waals surface area contributed by atoms with Crippen molar-refractivity contribution in [2.45, 2.75) is 45.6 Å². The maximum absolute atomic E-state index is 11.8. The molecule has 0 unspecified atom stereocenters. The molecule has 0 heterocycles. The van der Waals surface area contributed by atoms with E-state index >= 15 is 0 Å². The fourth-order valence-corrected chi connectivity index (χ4v) is 2.76. The first-order valence-corrected chi connectivity index (χ1v) is 9.19. The molecule has 1 atom stereocenters. The van der Waals surface area contributed by atoms with Crippen molar-refractivity contribution >= 4 is 12.1 Å². The number of carboxylic acids is 1. The average molecular weight is 422 g/mol. The van der Waals surface area contributed by atoms with Gasteiger partial charge in [0.1, 0.15) is 5.60 Å². The molecule has 0 saturated carbocycles. The van der Waals surface area contributed by atoms with Crippen molar-refractivity contribution in [3.05, 3.63) is 71.9 Å². The standard InChI is InChI=1S/C23H27NO4.K.H/c1-16(15-24-22(27)28-23(2,3)4)14-20(21(25)26)19-12-10-18(11-13-19)17-8-6-5-7-9-17;;/h5-13,15,20H,14H2,1-4H3,(H,24,27)(H,25,26);;/q;+1;-1/b16-15+;;/t20-;;/m1../s1. The van der Waals surface area contributed by atoms with Gasteiger partial charge in [0.05, 0.1) is 5.92 Å². The number of rotatable bonds is 6. The topological polar surface area (TPSA) is 75.6 Å². The van der Waals surface area contributed by atoms with Crippen LogP contribution in [0.15, 0.2) is 66.4 Å². The first-order chi connectivity index (χ1) is 13.2. The molecule has 2 N–H and O–H groups in total. The Labute approximate surface area is 216 Å². The number of hydrogen-bond donors (Lipinski definition) is 2. The SMILES string of the molecule is C/C(=C\NC(=O)OC(C)(C)C)C[C@@H](C(=O)O)c1ccc(-c2ccccc2)cc1.[H-].[K+]. The van der Waals surface area contributed by atoms with E-state index in [0.717, 1.165) is 22.3 Å². The van der Waals surface area contributed by atoms with Gasteiger partial charge in [0.2, 0.25) is 0 Å². The first kappa shape index (κ1) is 25.6. The number of carbonyl (C=O) groups excluding carboxylic acids is 1. The van der Waals surface area contributed by atoms with Crippen molar-refractivity contribution in [2.24, 2.45) is 0 Å². The van der Waals surface area contributed by atoms with E-state index in [-0.39, 0.29) is 59.2 Å². The minimum Gasteiger partial charge on any atom is -1.00 e. The minimum atomic E-state index is -0.905. The molecule has 2 aromatic carbocycles. The molecule has 2 rings (SSSR count). The van der Waals surface area contributed by atoms with Gasteiger partial charge in [0, 0.05) is 6.20 Å². The fraction of sp³-hybridized carbons (Fsp3) is 0.304. The number of ether oxygens (including phenoxy) is 1. The predicted octanol–water partition coefficient (Wildman–Crippen LogP) is 2.46. The summed E-state index contributed by atoms with van der Waals surface area (Å²) in [6, 6.07) is 17.5. The van der Waals surface area contributed by atoms with Gasteiger partial charge in [-0.2, -0.15) is 0 Å². The molecule has 1 amide bonds. The van der Waals surface area contributed by atoms with Gasteiger partial charge in [-0.15, -0.1) is 0 Å². The molecule has 0 fully saturated rings. The second-order valence-electron chi connectivity index (χ2n) is 7.72. The molecule has 0 aliphatic carbocycles. The summed E-state index contributed by atoms with van der Waals surface area (Å²) in [5.41, 5.74) is 2.99. The number of nitrogens with one attached hydrogen (secondary N) is 1. The number of allylic oxidation sites excluding steroid dienone is 1. The number of aliphatic carboxylic acids is 1. The van der Waals surface area contributed by atoms with Crippen molar-refractivity contribution < 1.29 is 72.2 Å². The van der Waals surface area contributed by atoms with Crippen LogP contribution in [0.5, 0.6) is 0 Å². The maximum Gasteiger partial charge on any atom is 1.00 e. The smallest absolute Gasteiger partial charge is 1.00 e. The molecular formula is C23H28KNO4. The van der Waals surface area contributed by atoms with Gasteiger partial charge in [-0.1, -0.05) is 60.2 Å².